The minimum atomic E-state index is -1.56. The molecule has 0 spiro atoms. The third kappa shape index (κ3) is 2.86. The van der Waals surface area contributed by atoms with Gasteiger partial charge in [0.25, 0.3) is 0 Å². The Morgan fingerprint density at radius 2 is 2.12 bits per heavy atom. The summed E-state index contributed by atoms with van der Waals surface area (Å²) in [6, 6.07) is 0.290. The van der Waals surface area contributed by atoms with E-state index in [9.17, 15) is 8.78 Å². The molecule has 4 heteroatoms. The van der Waals surface area contributed by atoms with E-state index in [0.717, 1.165) is 19.6 Å². The Morgan fingerprint density at radius 3 is 2.71 bits per heavy atom. The van der Waals surface area contributed by atoms with Crippen LogP contribution in [0.5, 0.6) is 0 Å². The number of nitrogens with zero attached hydrogens (tertiary/aromatic N) is 2. The maximum atomic E-state index is 13.9. The van der Waals surface area contributed by atoms with Crippen molar-refractivity contribution in [2.75, 3.05) is 26.7 Å². The second kappa shape index (κ2) is 4.41. The van der Waals surface area contributed by atoms with Crippen molar-refractivity contribution in [3.05, 3.63) is 23.7 Å². The van der Waals surface area contributed by atoms with Crippen LogP contribution in [0.4, 0.5) is 8.78 Å². The molecule has 1 fully saturated rings. The predicted molar refractivity (Wildman–Crippen MR) is 65.1 cm³/mol. The van der Waals surface area contributed by atoms with Gasteiger partial charge in [-0.3, -0.25) is 0 Å². The summed E-state index contributed by atoms with van der Waals surface area (Å²) in [6.45, 7) is 6.20. The van der Waals surface area contributed by atoms with E-state index in [1.54, 1.807) is 6.08 Å². The fourth-order valence-electron chi connectivity index (χ4n) is 2.63. The summed E-state index contributed by atoms with van der Waals surface area (Å²) in [5.41, 5.74) is -0.864. The summed E-state index contributed by atoms with van der Waals surface area (Å²) in [7, 11) is 2.07. The molecule has 1 heterocycles. The van der Waals surface area contributed by atoms with Crippen LogP contribution >= 0.6 is 0 Å². The van der Waals surface area contributed by atoms with E-state index in [-0.39, 0.29) is 18.3 Å². The van der Waals surface area contributed by atoms with Crippen LogP contribution in [0.25, 0.3) is 0 Å². The number of hydrogen-bond donors (Lipinski definition) is 0. The standard InChI is InChI=1S/C13H20F2N2/c1-10-9-16(3)4-5-17(10)12-6-11(14)7-13(2,15)8-12/h6,8,10H,4-5,7,9H2,1-3H3/t10-,13?/m0/s1. The van der Waals surface area contributed by atoms with Gasteiger partial charge in [0, 0.05) is 37.8 Å². The zero-order valence-corrected chi connectivity index (χ0v) is 10.7. The molecule has 0 aromatic rings. The summed E-state index contributed by atoms with van der Waals surface area (Å²) in [5.74, 6) is -0.362. The van der Waals surface area contributed by atoms with E-state index in [1.165, 1.54) is 13.0 Å². The van der Waals surface area contributed by atoms with Crippen molar-refractivity contribution in [3.63, 3.8) is 0 Å². The second-order valence-electron chi connectivity index (χ2n) is 5.42. The molecule has 1 unspecified atom stereocenters. The van der Waals surface area contributed by atoms with E-state index in [2.05, 4.69) is 23.8 Å². The number of allylic oxidation sites excluding steroid dienone is 3. The van der Waals surface area contributed by atoms with Crippen molar-refractivity contribution in [1.82, 2.24) is 9.80 Å². The lowest BCUT2D eigenvalue weighted by Gasteiger charge is -2.41. The molecular weight excluding hydrogens is 222 g/mol. The normalized spacial score (nSPS) is 35.6. The first-order chi connectivity index (χ1) is 7.87. The Hall–Kier alpha value is -0.900. The lowest BCUT2D eigenvalue weighted by atomic mass is 9.95. The van der Waals surface area contributed by atoms with Gasteiger partial charge in [-0.15, -0.1) is 0 Å². The SMILES string of the molecule is C[C@H]1CN(C)CCN1C1=CC(C)(F)CC(F)=C1. The van der Waals surface area contributed by atoms with Gasteiger partial charge in [-0.1, -0.05) is 0 Å². The largest absolute Gasteiger partial charge is 0.366 e. The summed E-state index contributed by atoms with van der Waals surface area (Å²) in [6.07, 6.45) is 2.89. The average Bonchev–Trinajstić information content (AvgIpc) is 2.13. The van der Waals surface area contributed by atoms with Crippen molar-refractivity contribution in [2.24, 2.45) is 0 Å². The van der Waals surface area contributed by atoms with Crippen LogP contribution in [-0.4, -0.2) is 48.2 Å². The molecule has 2 atom stereocenters. The van der Waals surface area contributed by atoms with Crippen LogP contribution in [0.1, 0.15) is 20.3 Å². The van der Waals surface area contributed by atoms with Crippen molar-refractivity contribution >= 4 is 0 Å². The van der Waals surface area contributed by atoms with Crippen LogP contribution in [0.3, 0.4) is 0 Å². The molecule has 1 saturated heterocycles. The van der Waals surface area contributed by atoms with Gasteiger partial charge < -0.3 is 9.80 Å². The monoisotopic (exact) mass is 242 g/mol. The fraction of sp³-hybridized carbons (Fsp3) is 0.692. The van der Waals surface area contributed by atoms with Crippen LogP contribution in [0, 0.1) is 0 Å². The number of hydrogen-bond acceptors (Lipinski definition) is 2. The molecule has 2 aliphatic rings. The summed E-state index contributed by atoms with van der Waals surface area (Å²) < 4.78 is 27.4. The quantitative estimate of drug-likeness (QED) is 0.697. The molecule has 0 amide bonds. The van der Waals surface area contributed by atoms with Gasteiger partial charge in [0.2, 0.25) is 0 Å². The van der Waals surface area contributed by atoms with E-state index in [1.807, 2.05) is 0 Å². The minimum absolute atomic E-state index is 0.140. The van der Waals surface area contributed by atoms with Crippen LogP contribution < -0.4 is 0 Å². The van der Waals surface area contributed by atoms with Gasteiger partial charge in [-0.05, 0) is 33.0 Å². The highest BCUT2D eigenvalue weighted by Crippen LogP contribution is 2.32. The molecule has 1 aliphatic heterocycles. The van der Waals surface area contributed by atoms with Crippen LogP contribution in [-0.2, 0) is 0 Å². The number of rotatable bonds is 1. The van der Waals surface area contributed by atoms with Crippen molar-refractivity contribution < 1.29 is 8.78 Å². The molecule has 17 heavy (non-hydrogen) atoms. The molecule has 0 aromatic carbocycles. The maximum Gasteiger partial charge on any atom is 0.134 e. The Balaban J connectivity index is 2.19. The van der Waals surface area contributed by atoms with Gasteiger partial charge in [-0.2, -0.15) is 0 Å². The summed E-state index contributed by atoms with van der Waals surface area (Å²) >= 11 is 0. The third-order valence-corrected chi connectivity index (χ3v) is 3.43. The molecular formula is C13H20F2N2. The van der Waals surface area contributed by atoms with Crippen LogP contribution in [0.2, 0.25) is 0 Å². The zero-order valence-electron chi connectivity index (χ0n) is 10.7. The Bertz CT molecular complexity index is 360. The average molecular weight is 242 g/mol. The van der Waals surface area contributed by atoms with Crippen molar-refractivity contribution in [2.45, 2.75) is 32.0 Å². The molecule has 96 valence electrons. The summed E-state index contributed by atoms with van der Waals surface area (Å²) in [5, 5.41) is 0. The first kappa shape index (κ1) is 12.6. The molecule has 2 nitrogen and oxygen atoms in total. The Morgan fingerprint density at radius 1 is 1.41 bits per heavy atom. The van der Waals surface area contributed by atoms with E-state index >= 15 is 0 Å². The molecule has 1 aliphatic carbocycles. The predicted octanol–water partition coefficient (Wildman–Crippen LogP) is 2.49. The van der Waals surface area contributed by atoms with Gasteiger partial charge in [0.05, 0.1) is 0 Å². The fourth-order valence-corrected chi connectivity index (χ4v) is 2.63. The topological polar surface area (TPSA) is 6.48 Å². The molecule has 0 bridgehead atoms. The number of likely N-dealkylation sites (N-methyl/N-ethyl adjacent to an activating group) is 1. The first-order valence-corrected chi connectivity index (χ1v) is 6.10. The lowest BCUT2D eigenvalue weighted by Crippen LogP contribution is -2.50. The maximum absolute atomic E-state index is 13.9. The number of alkyl halides is 1. The van der Waals surface area contributed by atoms with Crippen molar-refractivity contribution in [1.29, 1.82) is 0 Å². The number of piperazine rings is 1. The van der Waals surface area contributed by atoms with E-state index < -0.39 is 5.67 Å². The second-order valence-corrected chi connectivity index (χ2v) is 5.42. The highest BCUT2D eigenvalue weighted by atomic mass is 19.1. The molecule has 2 rings (SSSR count). The molecule has 0 N–H and O–H groups in total. The highest BCUT2D eigenvalue weighted by Gasteiger charge is 2.31. The Labute approximate surface area is 102 Å². The van der Waals surface area contributed by atoms with Gasteiger partial charge in [0.1, 0.15) is 11.5 Å². The first-order valence-electron chi connectivity index (χ1n) is 6.10. The number of halogens is 2. The van der Waals surface area contributed by atoms with Gasteiger partial charge in [-0.25, -0.2) is 8.78 Å². The third-order valence-electron chi connectivity index (χ3n) is 3.43. The molecule has 0 radical (unpaired) electrons. The van der Waals surface area contributed by atoms with Crippen LogP contribution in [0.15, 0.2) is 23.7 Å². The molecule has 0 saturated carbocycles. The van der Waals surface area contributed by atoms with E-state index in [0.29, 0.717) is 5.70 Å². The minimum Gasteiger partial charge on any atom is -0.366 e. The van der Waals surface area contributed by atoms with Crippen molar-refractivity contribution in [3.8, 4) is 0 Å². The lowest BCUT2D eigenvalue weighted by molar-refractivity contribution is 0.129. The van der Waals surface area contributed by atoms with E-state index in [4.69, 9.17) is 0 Å². The highest BCUT2D eigenvalue weighted by molar-refractivity contribution is 5.30. The molecule has 0 aromatic heterocycles. The smallest absolute Gasteiger partial charge is 0.134 e. The zero-order chi connectivity index (χ0) is 12.6. The van der Waals surface area contributed by atoms with Gasteiger partial charge >= 0.3 is 0 Å². The Kier molecular flexibility index (Phi) is 3.25. The van der Waals surface area contributed by atoms with Gasteiger partial charge in [0.15, 0.2) is 0 Å². The summed E-state index contributed by atoms with van der Waals surface area (Å²) in [4.78, 5) is 4.33.